The van der Waals surface area contributed by atoms with Crippen LogP contribution < -0.4 is 0 Å². The van der Waals surface area contributed by atoms with E-state index in [0.717, 1.165) is 32.5 Å². The Morgan fingerprint density at radius 3 is 2.44 bits per heavy atom. The van der Waals surface area contributed by atoms with Crippen LogP contribution in [0, 0.1) is 29.1 Å². The SMILES string of the molecule is CC(C)C(C#N)C(=O)N(C)CC1CCN(C)CC1. The van der Waals surface area contributed by atoms with Gasteiger partial charge in [-0.25, -0.2) is 0 Å². The molecule has 0 aliphatic carbocycles. The fourth-order valence-corrected chi connectivity index (χ4v) is 2.45. The van der Waals surface area contributed by atoms with Gasteiger partial charge >= 0.3 is 0 Å². The highest BCUT2D eigenvalue weighted by atomic mass is 16.2. The molecule has 1 amide bonds. The topological polar surface area (TPSA) is 47.3 Å². The summed E-state index contributed by atoms with van der Waals surface area (Å²) in [6.45, 7) is 6.86. The summed E-state index contributed by atoms with van der Waals surface area (Å²) < 4.78 is 0. The fraction of sp³-hybridized carbons (Fsp3) is 0.857. The summed E-state index contributed by atoms with van der Waals surface area (Å²) in [5.74, 6) is 0.150. The van der Waals surface area contributed by atoms with Crippen LogP contribution in [-0.2, 0) is 4.79 Å². The van der Waals surface area contributed by atoms with Crippen molar-refractivity contribution in [2.24, 2.45) is 17.8 Å². The molecule has 0 bridgehead atoms. The first kappa shape index (κ1) is 15.0. The number of amides is 1. The quantitative estimate of drug-likeness (QED) is 0.762. The zero-order valence-corrected chi connectivity index (χ0v) is 12.0. The molecule has 1 unspecified atom stereocenters. The lowest BCUT2D eigenvalue weighted by atomic mass is 9.93. The monoisotopic (exact) mass is 251 g/mol. The summed E-state index contributed by atoms with van der Waals surface area (Å²) >= 11 is 0. The Kier molecular flexibility index (Phi) is 5.61. The zero-order valence-electron chi connectivity index (χ0n) is 12.0. The minimum atomic E-state index is -0.499. The van der Waals surface area contributed by atoms with Gasteiger partial charge in [0.15, 0.2) is 0 Å². The first-order valence-electron chi connectivity index (χ1n) is 6.78. The third-order valence-corrected chi connectivity index (χ3v) is 3.82. The maximum absolute atomic E-state index is 12.1. The smallest absolute Gasteiger partial charge is 0.239 e. The predicted molar refractivity (Wildman–Crippen MR) is 71.8 cm³/mol. The third kappa shape index (κ3) is 3.99. The Labute approximate surface area is 111 Å². The van der Waals surface area contributed by atoms with E-state index in [2.05, 4.69) is 18.0 Å². The number of hydrogen-bond donors (Lipinski definition) is 0. The van der Waals surface area contributed by atoms with E-state index in [1.165, 1.54) is 0 Å². The van der Waals surface area contributed by atoms with Gasteiger partial charge in [0.2, 0.25) is 5.91 Å². The van der Waals surface area contributed by atoms with Crippen molar-refractivity contribution in [2.45, 2.75) is 26.7 Å². The normalized spacial score (nSPS) is 19.6. The minimum absolute atomic E-state index is 0.0218. The van der Waals surface area contributed by atoms with Gasteiger partial charge in [-0.2, -0.15) is 5.26 Å². The molecule has 1 fully saturated rings. The van der Waals surface area contributed by atoms with Gasteiger partial charge < -0.3 is 9.80 Å². The molecule has 0 aromatic rings. The number of likely N-dealkylation sites (tertiary alicyclic amines) is 1. The molecule has 1 aliphatic rings. The first-order chi connectivity index (χ1) is 8.45. The molecule has 102 valence electrons. The number of carbonyl (C=O) groups is 1. The number of hydrogen-bond acceptors (Lipinski definition) is 3. The van der Waals surface area contributed by atoms with Crippen LogP contribution >= 0.6 is 0 Å². The Morgan fingerprint density at radius 1 is 1.44 bits per heavy atom. The molecule has 4 heteroatoms. The number of nitriles is 1. The molecular weight excluding hydrogens is 226 g/mol. The molecule has 4 nitrogen and oxygen atoms in total. The van der Waals surface area contributed by atoms with Crippen molar-refractivity contribution in [1.29, 1.82) is 5.26 Å². The number of rotatable bonds is 4. The molecular formula is C14H25N3O. The Bertz CT molecular complexity index is 313. The highest BCUT2D eigenvalue weighted by molar-refractivity contribution is 5.81. The summed E-state index contributed by atoms with van der Waals surface area (Å²) in [6, 6.07) is 2.13. The van der Waals surface area contributed by atoms with Crippen LogP contribution in [0.5, 0.6) is 0 Å². The highest BCUT2D eigenvalue weighted by Gasteiger charge is 2.27. The number of piperidine rings is 1. The molecule has 0 N–H and O–H groups in total. The van der Waals surface area contributed by atoms with Crippen molar-refractivity contribution in [2.75, 3.05) is 33.7 Å². The standard InChI is InChI=1S/C14H25N3O/c1-11(2)13(9-15)14(18)17(4)10-12-5-7-16(3)8-6-12/h11-13H,5-8,10H2,1-4H3. The van der Waals surface area contributed by atoms with E-state index >= 15 is 0 Å². The van der Waals surface area contributed by atoms with E-state index in [0.29, 0.717) is 5.92 Å². The van der Waals surface area contributed by atoms with E-state index < -0.39 is 5.92 Å². The van der Waals surface area contributed by atoms with E-state index in [-0.39, 0.29) is 11.8 Å². The van der Waals surface area contributed by atoms with Gasteiger partial charge in [0.1, 0.15) is 5.92 Å². The van der Waals surface area contributed by atoms with Gasteiger partial charge in [-0.3, -0.25) is 4.79 Å². The molecule has 0 spiro atoms. The Hall–Kier alpha value is -1.08. The summed E-state index contributed by atoms with van der Waals surface area (Å²) in [5.41, 5.74) is 0. The van der Waals surface area contributed by atoms with Crippen LogP contribution in [0.1, 0.15) is 26.7 Å². The van der Waals surface area contributed by atoms with E-state index in [1.807, 2.05) is 20.9 Å². The minimum Gasteiger partial charge on any atom is -0.344 e. The molecule has 1 atom stereocenters. The molecule has 0 saturated carbocycles. The van der Waals surface area contributed by atoms with Gasteiger partial charge in [0.05, 0.1) is 6.07 Å². The lowest BCUT2D eigenvalue weighted by molar-refractivity contribution is -0.134. The van der Waals surface area contributed by atoms with Gasteiger partial charge in [0, 0.05) is 13.6 Å². The lowest BCUT2D eigenvalue weighted by Crippen LogP contribution is -2.40. The van der Waals surface area contributed by atoms with Crippen molar-refractivity contribution in [3.05, 3.63) is 0 Å². The average Bonchev–Trinajstić information content (AvgIpc) is 2.32. The molecule has 0 aromatic carbocycles. The molecule has 18 heavy (non-hydrogen) atoms. The predicted octanol–water partition coefficient (Wildman–Crippen LogP) is 1.58. The van der Waals surface area contributed by atoms with Crippen LogP contribution in [0.2, 0.25) is 0 Å². The van der Waals surface area contributed by atoms with Gasteiger partial charge in [-0.1, -0.05) is 13.8 Å². The molecule has 1 rings (SSSR count). The summed E-state index contributed by atoms with van der Waals surface area (Å²) in [7, 11) is 3.96. The van der Waals surface area contributed by atoms with Gasteiger partial charge in [-0.15, -0.1) is 0 Å². The van der Waals surface area contributed by atoms with Gasteiger partial charge in [0.25, 0.3) is 0 Å². The lowest BCUT2D eigenvalue weighted by Gasteiger charge is -2.32. The first-order valence-corrected chi connectivity index (χ1v) is 6.78. The van der Waals surface area contributed by atoms with Crippen LogP contribution in [0.3, 0.4) is 0 Å². The fourth-order valence-electron chi connectivity index (χ4n) is 2.45. The molecule has 1 aliphatic heterocycles. The zero-order chi connectivity index (χ0) is 13.7. The van der Waals surface area contributed by atoms with E-state index in [9.17, 15) is 4.79 Å². The Balaban J connectivity index is 2.47. The van der Waals surface area contributed by atoms with Gasteiger partial charge in [-0.05, 0) is 44.8 Å². The average molecular weight is 251 g/mol. The van der Waals surface area contributed by atoms with Crippen molar-refractivity contribution < 1.29 is 4.79 Å². The number of nitrogens with zero attached hydrogens (tertiary/aromatic N) is 3. The second-order valence-electron chi connectivity index (χ2n) is 5.82. The van der Waals surface area contributed by atoms with Crippen LogP contribution in [0.4, 0.5) is 0 Å². The number of carbonyl (C=O) groups excluding carboxylic acids is 1. The van der Waals surface area contributed by atoms with Crippen molar-refractivity contribution in [3.8, 4) is 6.07 Å². The van der Waals surface area contributed by atoms with Crippen molar-refractivity contribution >= 4 is 5.91 Å². The summed E-state index contributed by atoms with van der Waals surface area (Å²) in [6.07, 6.45) is 2.29. The van der Waals surface area contributed by atoms with Crippen molar-refractivity contribution in [3.63, 3.8) is 0 Å². The third-order valence-electron chi connectivity index (χ3n) is 3.82. The maximum atomic E-state index is 12.1. The molecule has 0 radical (unpaired) electrons. The Morgan fingerprint density at radius 2 is 2.00 bits per heavy atom. The second-order valence-corrected chi connectivity index (χ2v) is 5.82. The highest BCUT2D eigenvalue weighted by Crippen LogP contribution is 2.19. The van der Waals surface area contributed by atoms with E-state index in [4.69, 9.17) is 5.26 Å². The van der Waals surface area contributed by atoms with Crippen LogP contribution in [0.25, 0.3) is 0 Å². The molecule has 0 aromatic heterocycles. The largest absolute Gasteiger partial charge is 0.344 e. The maximum Gasteiger partial charge on any atom is 0.239 e. The van der Waals surface area contributed by atoms with E-state index in [1.54, 1.807) is 4.90 Å². The van der Waals surface area contributed by atoms with Crippen molar-refractivity contribution in [1.82, 2.24) is 9.80 Å². The molecule has 1 saturated heterocycles. The second kappa shape index (κ2) is 6.75. The summed E-state index contributed by atoms with van der Waals surface area (Å²) in [5, 5.41) is 9.05. The molecule has 1 heterocycles. The van der Waals surface area contributed by atoms with Crippen LogP contribution in [0.15, 0.2) is 0 Å². The van der Waals surface area contributed by atoms with Crippen LogP contribution in [-0.4, -0.2) is 49.4 Å². The summed E-state index contributed by atoms with van der Waals surface area (Å²) in [4.78, 5) is 16.2.